The van der Waals surface area contributed by atoms with Crippen LogP contribution in [0.15, 0.2) is 20.8 Å². The molecule has 0 spiro atoms. The number of carbonyl (C=O) groups is 1. The van der Waals surface area contributed by atoms with E-state index in [1.807, 2.05) is 20.8 Å². The molecule has 1 atom stereocenters. The first-order chi connectivity index (χ1) is 10.3. The van der Waals surface area contributed by atoms with E-state index in [4.69, 9.17) is 0 Å². The fourth-order valence-corrected chi connectivity index (χ4v) is 3.92. The summed E-state index contributed by atoms with van der Waals surface area (Å²) in [7, 11) is 0. The van der Waals surface area contributed by atoms with Crippen LogP contribution in [0.4, 0.5) is 0 Å². The van der Waals surface area contributed by atoms with Crippen molar-refractivity contribution < 1.29 is 4.79 Å². The van der Waals surface area contributed by atoms with Crippen LogP contribution >= 0.6 is 34.9 Å². The summed E-state index contributed by atoms with van der Waals surface area (Å²) in [5.74, 6) is 0.908. The normalized spacial score (nSPS) is 13.5. The molecule has 1 N–H and O–H groups in total. The molecule has 1 heterocycles. The van der Waals surface area contributed by atoms with Crippen LogP contribution in [0.2, 0.25) is 0 Å². The van der Waals surface area contributed by atoms with Gasteiger partial charge in [-0.3, -0.25) is 4.79 Å². The van der Waals surface area contributed by atoms with Crippen LogP contribution < -0.4 is 5.32 Å². The van der Waals surface area contributed by atoms with Gasteiger partial charge >= 0.3 is 0 Å². The summed E-state index contributed by atoms with van der Waals surface area (Å²) < 4.78 is 1.62. The van der Waals surface area contributed by atoms with E-state index in [2.05, 4.69) is 28.2 Å². The Morgan fingerprint density at radius 1 is 1.41 bits per heavy atom. The van der Waals surface area contributed by atoms with E-state index < -0.39 is 5.54 Å². The van der Waals surface area contributed by atoms with E-state index in [9.17, 15) is 10.1 Å². The zero-order chi connectivity index (χ0) is 16.8. The minimum absolute atomic E-state index is 0.0399. The zero-order valence-electron chi connectivity index (χ0n) is 13.2. The first-order valence-electron chi connectivity index (χ1n) is 6.72. The summed E-state index contributed by atoms with van der Waals surface area (Å²) in [6.45, 7) is 11.4. The fourth-order valence-electron chi connectivity index (χ4n) is 1.25. The highest BCUT2D eigenvalue weighted by molar-refractivity contribution is 8.03. The lowest BCUT2D eigenvalue weighted by molar-refractivity contribution is -0.120. The summed E-state index contributed by atoms with van der Waals surface area (Å²) in [6.07, 6.45) is 0. The summed E-state index contributed by atoms with van der Waals surface area (Å²) in [5, 5.41) is 20.1. The molecular formula is C14H20N4OS3. The molecule has 1 aromatic rings. The Hall–Kier alpha value is -1.04. The maximum Gasteiger partial charge on any atom is 0.231 e. The van der Waals surface area contributed by atoms with Crippen molar-refractivity contribution in [3.63, 3.8) is 0 Å². The van der Waals surface area contributed by atoms with Gasteiger partial charge in [-0.15, -0.1) is 10.2 Å². The first kappa shape index (κ1) is 19.0. The Morgan fingerprint density at radius 2 is 1.95 bits per heavy atom. The SMILES string of the molecule is C=C(C)CSc1nnc(SCC(=O)N[C@](C)(C#N)C(C)C)s1. The monoisotopic (exact) mass is 356 g/mol. The number of hydrogen-bond donors (Lipinski definition) is 1. The second-order valence-corrected chi connectivity index (χ2v) is 8.81. The van der Waals surface area contributed by atoms with Crippen LogP contribution in [0.3, 0.4) is 0 Å². The van der Waals surface area contributed by atoms with Gasteiger partial charge in [0.05, 0.1) is 11.8 Å². The number of rotatable bonds is 8. The van der Waals surface area contributed by atoms with E-state index in [0.29, 0.717) is 0 Å². The molecular weight excluding hydrogens is 336 g/mol. The molecule has 0 saturated heterocycles. The van der Waals surface area contributed by atoms with Gasteiger partial charge in [0, 0.05) is 5.75 Å². The average Bonchev–Trinajstić information content (AvgIpc) is 2.90. The molecule has 0 aromatic carbocycles. The molecule has 0 aliphatic rings. The third-order valence-corrected chi connectivity index (χ3v) is 6.36. The molecule has 1 aromatic heterocycles. The molecule has 1 rings (SSSR count). The summed E-state index contributed by atoms with van der Waals surface area (Å²) >= 11 is 4.39. The predicted molar refractivity (Wildman–Crippen MR) is 93.2 cm³/mol. The quantitative estimate of drug-likeness (QED) is 0.568. The topological polar surface area (TPSA) is 78.7 Å². The largest absolute Gasteiger partial charge is 0.337 e. The van der Waals surface area contributed by atoms with Crippen molar-refractivity contribution in [2.45, 2.75) is 41.9 Å². The van der Waals surface area contributed by atoms with Crippen LogP contribution in [0.1, 0.15) is 27.7 Å². The highest BCUT2D eigenvalue weighted by Gasteiger charge is 2.29. The molecule has 0 aliphatic carbocycles. The number of amides is 1. The Kier molecular flexibility index (Phi) is 7.39. The first-order valence-corrected chi connectivity index (χ1v) is 9.51. The van der Waals surface area contributed by atoms with Gasteiger partial charge in [-0.05, 0) is 19.8 Å². The summed E-state index contributed by atoms with van der Waals surface area (Å²) in [4.78, 5) is 12.0. The number of hydrogen-bond acceptors (Lipinski definition) is 7. The Balaban J connectivity index is 2.48. The highest BCUT2D eigenvalue weighted by Crippen LogP contribution is 2.29. The van der Waals surface area contributed by atoms with Crippen LogP contribution in [-0.4, -0.2) is 33.1 Å². The number of nitrogens with zero attached hydrogens (tertiary/aromatic N) is 3. The van der Waals surface area contributed by atoms with Crippen molar-refractivity contribution in [2.75, 3.05) is 11.5 Å². The number of nitriles is 1. The molecule has 22 heavy (non-hydrogen) atoms. The van der Waals surface area contributed by atoms with Crippen molar-refractivity contribution in [2.24, 2.45) is 5.92 Å². The lowest BCUT2D eigenvalue weighted by Crippen LogP contribution is -2.49. The van der Waals surface area contributed by atoms with Crippen molar-refractivity contribution in [3.8, 4) is 6.07 Å². The van der Waals surface area contributed by atoms with Gasteiger partial charge in [-0.25, -0.2) is 0 Å². The fraction of sp³-hybridized carbons (Fsp3) is 0.571. The molecule has 1 amide bonds. The molecule has 0 unspecified atom stereocenters. The van der Waals surface area contributed by atoms with Crippen LogP contribution in [0.25, 0.3) is 0 Å². The molecule has 0 aliphatic heterocycles. The number of aromatic nitrogens is 2. The van der Waals surface area contributed by atoms with Gasteiger partial charge in [0.15, 0.2) is 8.68 Å². The average molecular weight is 357 g/mol. The third-order valence-electron chi connectivity index (χ3n) is 2.94. The maximum atomic E-state index is 12.0. The number of carbonyl (C=O) groups excluding carboxylic acids is 1. The van der Waals surface area contributed by atoms with Gasteiger partial charge in [0.2, 0.25) is 5.91 Å². The molecule has 0 saturated carbocycles. The second-order valence-electron chi connectivity index (χ2n) is 5.39. The van der Waals surface area contributed by atoms with Gasteiger partial charge < -0.3 is 5.32 Å². The van der Waals surface area contributed by atoms with E-state index in [1.54, 1.807) is 18.7 Å². The minimum atomic E-state index is -0.846. The third kappa shape index (κ3) is 5.99. The molecule has 5 nitrogen and oxygen atoms in total. The number of nitrogens with one attached hydrogen (secondary N) is 1. The molecule has 0 fully saturated rings. The van der Waals surface area contributed by atoms with Crippen molar-refractivity contribution in [1.29, 1.82) is 5.26 Å². The summed E-state index contributed by atoms with van der Waals surface area (Å²) in [5.41, 5.74) is 0.236. The smallest absolute Gasteiger partial charge is 0.231 e. The van der Waals surface area contributed by atoms with Gasteiger partial charge in [0.25, 0.3) is 0 Å². The Labute approximate surface area is 144 Å². The van der Waals surface area contributed by atoms with Gasteiger partial charge in [-0.1, -0.05) is 60.9 Å². The predicted octanol–water partition coefficient (Wildman–Crippen LogP) is 3.35. The number of thioether (sulfide) groups is 2. The van der Waals surface area contributed by atoms with Crippen molar-refractivity contribution in [1.82, 2.24) is 15.5 Å². The van der Waals surface area contributed by atoms with Gasteiger partial charge in [-0.2, -0.15) is 5.26 Å². The van der Waals surface area contributed by atoms with Crippen LogP contribution in [0, 0.1) is 17.2 Å². The van der Waals surface area contributed by atoms with Crippen LogP contribution in [-0.2, 0) is 4.79 Å². The summed E-state index contributed by atoms with van der Waals surface area (Å²) in [6, 6.07) is 2.16. The molecule has 8 heteroatoms. The van der Waals surface area contributed by atoms with E-state index in [-0.39, 0.29) is 17.6 Å². The Morgan fingerprint density at radius 3 is 2.41 bits per heavy atom. The lowest BCUT2D eigenvalue weighted by atomic mass is 9.90. The van der Waals surface area contributed by atoms with E-state index >= 15 is 0 Å². The second kappa shape index (κ2) is 8.56. The maximum absolute atomic E-state index is 12.0. The van der Waals surface area contributed by atoms with E-state index in [0.717, 1.165) is 20.0 Å². The van der Waals surface area contributed by atoms with Crippen molar-refractivity contribution in [3.05, 3.63) is 12.2 Å². The molecule has 120 valence electrons. The lowest BCUT2D eigenvalue weighted by Gasteiger charge is -2.27. The zero-order valence-corrected chi connectivity index (χ0v) is 15.6. The Bertz CT molecular complexity index is 579. The molecule has 0 radical (unpaired) electrons. The highest BCUT2D eigenvalue weighted by atomic mass is 32.2. The van der Waals surface area contributed by atoms with E-state index in [1.165, 1.54) is 23.1 Å². The van der Waals surface area contributed by atoms with Crippen LogP contribution in [0.5, 0.6) is 0 Å². The minimum Gasteiger partial charge on any atom is -0.337 e. The standard InChI is InChI=1S/C14H20N4OS3/c1-9(2)6-20-12-17-18-13(22-12)21-7-11(19)16-14(5,8-15)10(3)4/h10H,1,6-7H2,2-5H3,(H,16,19)/t14-/m1/s1. The molecule has 0 bridgehead atoms. The van der Waals surface area contributed by atoms with Crippen molar-refractivity contribution >= 4 is 40.8 Å². The van der Waals surface area contributed by atoms with Gasteiger partial charge in [0.1, 0.15) is 5.54 Å².